The zero-order valence-electron chi connectivity index (χ0n) is 10.8. The van der Waals surface area contributed by atoms with E-state index >= 15 is 0 Å². The molecule has 1 aliphatic heterocycles. The number of carbonyl (C=O) groups is 3. The van der Waals surface area contributed by atoms with Crippen LogP contribution in [0.25, 0.3) is 0 Å². The molecule has 0 aromatic heterocycles. The van der Waals surface area contributed by atoms with Crippen LogP contribution >= 0.6 is 11.6 Å². The number of benzene rings is 1. The van der Waals surface area contributed by atoms with Gasteiger partial charge in [-0.1, -0.05) is 17.7 Å². The normalized spacial score (nSPS) is 18.5. The van der Waals surface area contributed by atoms with Crippen molar-refractivity contribution in [2.24, 2.45) is 5.41 Å². The first-order valence-electron chi connectivity index (χ1n) is 5.71. The Labute approximate surface area is 115 Å². The van der Waals surface area contributed by atoms with E-state index in [1.165, 1.54) is 13.8 Å². The second kappa shape index (κ2) is 4.35. The molecule has 0 bridgehead atoms. The number of nitrogens with zero attached hydrogens (tertiary/aromatic N) is 1. The molecule has 6 heteroatoms. The summed E-state index contributed by atoms with van der Waals surface area (Å²) in [5.74, 6) is -1.20. The molecule has 0 spiro atoms. The van der Waals surface area contributed by atoms with Crippen LogP contribution in [0.2, 0.25) is 5.02 Å². The Morgan fingerprint density at radius 2 is 1.84 bits per heavy atom. The highest BCUT2D eigenvalue weighted by molar-refractivity contribution is 6.37. The largest absolute Gasteiger partial charge is 0.335 e. The molecule has 0 radical (unpaired) electrons. The first kappa shape index (κ1) is 13.5. The maximum absolute atomic E-state index is 12.3. The predicted octanol–water partition coefficient (Wildman–Crippen LogP) is 2.26. The molecular weight excluding hydrogens is 268 g/mol. The third-order valence-electron chi connectivity index (χ3n) is 3.07. The number of imide groups is 2. The van der Waals surface area contributed by atoms with Crippen molar-refractivity contribution >= 4 is 35.1 Å². The van der Waals surface area contributed by atoms with Gasteiger partial charge in [0.2, 0.25) is 11.8 Å². The van der Waals surface area contributed by atoms with E-state index in [2.05, 4.69) is 5.32 Å². The van der Waals surface area contributed by atoms with Gasteiger partial charge in [-0.25, -0.2) is 9.69 Å². The second-order valence-electron chi connectivity index (χ2n) is 4.98. The molecule has 5 nitrogen and oxygen atoms in total. The van der Waals surface area contributed by atoms with Gasteiger partial charge in [-0.3, -0.25) is 14.9 Å². The summed E-state index contributed by atoms with van der Waals surface area (Å²) in [7, 11) is 0. The SMILES string of the molecule is Cc1ccc(Cl)c(N2C(=O)NC(=O)C(C)(C)C2=O)c1. The molecule has 0 unspecified atom stereocenters. The molecular formula is C13H13ClN2O3. The van der Waals surface area contributed by atoms with Crippen LogP contribution in [-0.2, 0) is 9.59 Å². The number of amides is 4. The number of barbiturate groups is 1. The highest BCUT2D eigenvalue weighted by Crippen LogP contribution is 2.33. The summed E-state index contributed by atoms with van der Waals surface area (Å²) in [5, 5.41) is 2.44. The van der Waals surface area contributed by atoms with Crippen LogP contribution in [0.4, 0.5) is 10.5 Å². The Morgan fingerprint density at radius 1 is 1.21 bits per heavy atom. The van der Waals surface area contributed by atoms with Gasteiger partial charge in [0.15, 0.2) is 0 Å². The van der Waals surface area contributed by atoms with E-state index in [-0.39, 0.29) is 10.7 Å². The van der Waals surface area contributed by atoms with Crippen molar-refractivity contribution in [3.05, 3.63) is 28.8 Å². The number of hydrogen-bond acceptors (Lipinski definition) is 3. The Hall–Kier alpha value is -1.88. The average Bonchev–Trinajstić information content (AvgIpc) is 2.32. The summed E-state index contributed by atoms with van der Waals surface area (Å²) < 4.78 is 0. The van der Waals surface area contributed by atoms with Crippen molar-refractivity contribution in [2.75, 3.05) is 4.90 Å². The lowest BCUT2D eigenvalue weighted by atomic mass is 9.88. The summed E-state index contributed by atoms with van der Waals surface area (Å²) in [6.07, 6.45) is 0. The molecule has 1 aliphatic rings. The molecule has 1 N–H and O–H groups in total. The van der Waals surface area contributed by atoms with Gasteiger partial charge in [0.05, 0.1) is 10.7 Å². The molecule has 1 fully saturated rings. The van der Waals surface area contributed by atoms with Crippen molar-refractivity contribution in [3.8, 4) is 0 Å². The first-order valence-corrected chi connectivity index (χ1v) is 6.09. The number of anilines is 1. The predicted molar refractivity (Wildman–Crippen MR) is 71.0 cm³/mol. The molecule has 1 heterocycles. The van der Waals surface area contributed by atoms with E-state index in [4.69, 9.17) is 11.6 Å². The van der Waals surface area contributed by atoms with Gasteiger partial charge < -0.3 is 0 Å². The van der Waals surface area contributed by atoms with Gasteiger partial charge >= 0.3 is 6.03 Å². The molecule has 1 aromatic carbocycles. The van der Waals surface area contributed by atoms with E-state index in [0.717, 1.165) is 10.5 Å². The third kappa shape index (κ3) is 2.10. The fourth-order valence-corrected chi connectivity index (χ4v) is 1.99. The molecule has 0 atom stereocenters. The lowest BCUT2D eigenvalue weighted by molar-refractivity contribution is -0.140. The van der Waals surface area contributed by atoms with Crippen LogP contribution in [0.3, 0.4) is 0 Å². The third-order valence-corrected chi connectivity index (χ3v) is 3.39. The maximum atomic E-state index is 12.3. The fraction of sp³-hybridized carbons (Fsp3) is 0.308. The van der Waals surface area contributed by atoms with Crippen molar-refractivity contribution in [1.29, 1.82) is 0 Å². The van der Waals surface area contributed by atoms with Gasteiger partial charge in [-0.05, 0) is 38.5 Å². The topological polar surface area (TPSA) is 66.5 Å². The van der Waals surface area contributed by atoms with Gasteiger partial charge in [-0.15, -0.1) is 0 Å². The van der Waals surface area contributed by atoms with Crippen LogP contribution in [0, 0.1) is 12.3 Å². The number of carbonyl (C=O) groups excluding carboxylic acids is 3. The maximum Gasteiger partial charge on any atom is 0.335 e. The Balaban J connectivity index is 2.55. The monoisotopic (exact) mass is 280 g/mol. The van der Waals surface area contributed by atoms with E-state index in [1.807, 2.05) is 6.92 Å². The number of nitrogens with one attached hydrogen (secondary N) is 1. The molecule has 100 valence electrons. The van der Waals surface area contributed by atoms with Crippen molar-refractivity contribution in [2.45, 2.75) is 20.8 Å². The summed E-state index contributed by atoms with van der Waals surface area (Å²) in [4.78, 5) is 36.8. The van der Waals surface area contributed by atoms with E-state index < -0.39 is 23.3 Å². The molecule has 19 heavy (non-hydrogen) atoms. The summed E-state index contributed by atoms with van der Waals surface area (Å²) in [6.45, 7) is 4.75. The zero-order chi connectivity index (χ0) is 14.4. The molecule has 2 rings (SSSR count). The highest BCUT2D eigenvalue weighted by atomic mass is 35.5. The van der Waals surface area contributed by atoms with Crippen molar-refractivity contribution in [3.63, 3.8) is 0 Å². The fourth-order valence-electron chi connectivity index (χ4n) is 1.79. The number of hydrogen-bond donors (Lipinski definition) is 1. The van der Waals surface area contributed by atoms with Gasteiger partial charge in [0.1, 0.15) is 5.41 Å². The van der Waals surface area contributed by atoms with Crippen LogP contribution in [0.5, 0.6) is 0 Å². The molecule has 0 aliphatic carbocycles. The zero-order valence-corrected chi connectivity index (χ0v) is 11.5. The lowest BCUT2D eigenvalue weighted by Crippen LogP contribution is -2.62. The molecule has 1 saturated heterocycles. The first-order chi connectivity index (χ1) is 8.75. The summed E-state index contributed by atoms with van der Waals surface area (Å²) in [6, 6.07) is 4.23. The summed E-state index contributed by atoms with van der Waals surface area (Å²) in [5.41, 5.74) is -0.166. The van der Waals surface area contributed by atoms with Crippen LogP contribution in [0.1, 0.15) is 19.4 Å². The Bertz CT molecular complexity index is 596. The van der Waals surface area contributed by atoms with Crippen LogP contribution < -0.4 is 10.2 Å². The van der Waals surface area contributed by atoms with Crippen molar-refractivity contribution < 1.29 is 14.4 Å². The van der Waals surface area contributed by atoms with E-state index in [1.54, 1.807) is 18.2 Å². The van der Waals surface area contributed by atoms with Crippen LogP contribution in [-0.4, -0.2) is 17.8 Å². The minimum Gasteiger partial charge on any atom is -0.276 e. The summed E-state index contributed by atoms with van der Waals surface area (Å²) >= 11 is 6.03. The number of halogens is 1. The van der Waals surface area contributed by atoms with E-state index in [0.29, 0.717) is 0 Å². The molecule has 4 amide bonds. The molecule has 0 saturated carbocycles. The number of rotatable bonds is 1. The van der Waals surface area contributed by atoms with Gasteiger partial charge in [0.25, 0.3) is 0 Å². The Morgan fingerprint density at radius 3 is 2.47 bits per heavy atom. The van der Waals surface area contributed by atoms with Crippen molar-refractivity contribution in [1.82, 2.24) is 5.32 Å². The van der Waals surface area contributed by atoms with Gasteiger partial charge in [0, 0.05) is 0 Å². The quantitative estimate of drug-likeness (QED) is 0.803. The van der Waals surface area contributed by atoms with Gasteiger partial charge in [-0.2, -0.15) is 0 Å². The van der Waals surface area contributed by atoms with Crippen LogP contribution in [0.15, 0.2) is 18.2 Å². The highest BCUT2D eigenvalue weighted by Gasteiger charge is 2.48. The smallest absolute Gasteiger partial charge is 0.276 e. The lowest BCUT2D eigenvalue weighted by Gasteiger charge is -2.34. The van der Waals surface area contributed by atoms with E-state index in [9.17, 15) is 14.4 Å². The number of aryl methyl sites for hydroxylation is 1. The average molecular weight is 281 g/mol. The molecule has 1 aromatic rings. The second-order valence-corrected chi connectivity index (χ2v) is 5.39. The number of urea groups is 1. The minimum atomic E-state index is -1.30. The minimum absolute atomic E-state index is 0.277. The standard InChI is InChI=1S/C13H13ClN2O3/c1-7-4-5-8(14)9(6-7)16-11(18)13(2,3)10(17)15-12(16)19/h4-6H,1-3H3,(H,15,17,19). The Kier molecular flexibility index (Phi) is 3.10.